The van der Waals surface area contributed by atoms with Crippen molar-refractivity contribution in [2.45, 2.75) is 38.1 Å². The van der Waals surface area contributed by atoms with Gasteiger partial charge < -0.3 is 5.73 Å². The molecule has 20 heavy (non-hydrogen) atoms. The van der Waals surface area contributed by atoms with E-state index in [4.69, 9.17) is 5.73 Å². The number of rotatable bonds is 5. The summed E-state index contributed by atoms with van der Waals surface area (Å²) in [6, 6.07) is 6.67. The van der Waals surface area contributed by atoms with Crippen molar-refractivity contribution >= 4 is 10.0 Å². The molecule has 110 valence electrons. The summed E-state index contributed by atoms with van der Waals surface area (Å²) in [5.74, 6) is 5.59. The van der Waals surface area contributed by atoms with Crippen LogP contribution in [-0.2, 0) is 10.0 Å². The predicted octanol–water partition coefficient (Wildman–Crippen LogP) is 1.81. The normalized spacial score (nSPS) is 12.8. The molecule has 0 radical (unpaired) electrons. The van der Waals surface area contributed by atoms with E-state index < -0.39 is 10.0 Å². The second kappa shape index (κ2) is 7.44. The zero-order valence-electron chi connectivity index (χ0n) is 12.3. The Morgan fingerprint density at radius 2 is 2.05 bits per heavy atom. The Kier molecular flexibility index (Phi) is 6.21. The van der Waals surface area contributed by atoms with Crippen LogP contribution in [0.15, 0.2) is 29.2 Å². The van der Waals surface area contributed by atoms with E-state index in [-0.39, 0.29) is 17.5 Å². The van der Waals surface area contributed by atoms with Crippen molar-refractivity contribution in [3.8, 4) is 11.8 Å². The van der Waals surface area contributed by atoms with Gasteiger partial charge >= 0.3 is 0 Å². The Balaban J connectivity index is 3.21. The summed E-state index contributed by atoms with van der Waals surface area (Å²) in [5, 5.41) is 0. The molecular formula is C15H22N2O2S. The second-order valence-corrected chi connectivity index (χ2v) is 6.39. The Morgan fingerprint density at radius 3 is 2.60 bits per heavy atom. The molecule has 1 atom stereocenters. The first kappa shape index (κ1) is 16.7. The molecule has 2 N–H and O–H groups in total. The van der Waals surface area contributed by atoms with E-state index in [1.165, 1.54) is 4.31 Å². The summed E-state index contributed by atoms with van der Waals surface area (Å²) < 4.78 is 26.8. The Bertz CT molecular complexity index is 600. The van der Waals surface area contributed by atoms with Crippen molar-refractivity contribution in [2.24, 2.45) is 5.73 Å². The summed E-state index contributed by atoms with van der Waals surface area (Å²) in [4.78, 5) is 0.281. The van der Waals surface area contributed by atoms with Crippen molar-refractivity contribution < 1.29 is 8.42 Å². The highest BCUT2D eigenvalue weighted by Crippen LogP contribution is 2.20. The summed E-state index contributed by atoms with van der Waals surface area (Å²) in [7, 11) is -3.48. The summed E-state index contributed by atoms with van der Waals surface area (Å²) in [5.41, 5.74) is 5.99. The number of sulfonamides is 1. The van der Waals surface area contributed by atoms with Crippen molar-refractivity contribution in [2.75, 3.05) is 13.1 Å². The van der Waals surface area contributed by atoms with Crippen LogP contribution in [0.25, 0.3) is 0 Å². The largest absolute Gasteiger partial charge is 0.320 e. The van der Waals surface area contributed by atoms with Gasteiger partial charge in [-0.3, -0.25) is 0 Å². The molecule has 1 aromatic rings. The molecule has 0 amide bonds. The van der Waals surface area contributed by atoms with Gasteiger partial charge in [0.2, 0.25) is 10.0 Å². The quantitative estimate of drug-likeness (QED) is 0.842. The SMILES string of the molecule is CCC(C)N(CC)S(=O)(=O)c1cccc(C#CCN)c1. The van der Waals surface area contributed by atoms with E-state index in [9.17, 15) is 8.42 Å². The fourth-order valence-electron chi connectivity index (χ4n) is 1.94. The first-order chi connectivity index (χ1) is 9.47. The number of hydrogen-bond donors (Lipinski definition) is 1. The summed E-state index contributed by atoms with van der Waals surface area (Å²) in [6.07, 6.45) is 0.778. The van der Waals surface area contributed by atoms with E-state index in [1.807, 2.05) is 20.8 Å². The molecular weight excluding hydrogens is 272 g/mol. The van der Waals surface area contributed by atoms with E-state index in [1.54, 1.807) is 24.3 Å². The van der Waals surface area contributed by atoms with Gasteiger partial charge in [0.05, 0.1) is 11.4 Å². The molecule has 0 bridgehead atoms. The average molecular weight is 294 g/mol. The van der Waals surface area contributed by atoms with Gasteiger partial charge in [-0.2, -0.15) is 4.31 Å². The minimum absolute atomic E-state index is 0.0243. The van der Waals surface area contributed by atoms with Crippen LogP contribution in [0.4, 0.5) is 0 Å². The third-order valence-corrected chi connectivity index (χ3v) is 5.25. The summed E-state index contributed by atoms with van der Waals surface area (Å²) in [6.45, 7) is 6.45. The maximum Gasteiger partial charge on any atom is 0.243 e. The van der Waals surface area contributed by atoms with Gasteiger partial charge in [-0.1, -0.05) is 31.8 Å². The minimum atomic E-state index is -3.48. The van der Waals surface area contributed by atoms with Gasteiger partial charge in [0, 0.05) is 18.2 Å². The zero-order valence-corrected chi connectivity index (χ0v) is 13.1. The molecule has 5 heteroatoms. The van der Waals surface area contributed by atoms with Crippen molar-refractivity contribution in [1.29, 1.82) is 0 Å². The van der Waals surface area contributed by atoms with Gasteiger partial charge in [0.15, 0.2) is 0 Å². The lowest BCUT2D eigenvalue weighted by molar-refractivity contribution is 0.342. The lowest BCUT2D eigenvalue weighted by atomic mass is 10.2. The van der Waals surface area contributed by atoms with Gasteiger partial charge in [0.25, 0.3) is 0 Å². The van der Waals surface area contributed by atoms with Gasteiger partial charge in [-0.15, -0.1) is 0 Å². The first-order valence-corrected chi connectivity index (χ1v) is 8.22. The number of nitrogens with two attached hydrogens (primary N) is 1. The predicted molar refractivity (Wildman–Crippen MR) is 81.7 cm³/mol. The van der Waals surface area contributed by atoms with Crippen molar-refractivity contribution in [3.63, 3.8) is 0 Å². The third kappa shape index (κ3) is 3.83. The summed E-state index contributed by atoms with van der Waals surface area (Å²) >= 11 is 0. The minimum Gasteiger partial charge on any atom is -0.320 e. The van der Waals surface area contributed by atoms with Crippen LogP contribution in [0, 0.1) is 11.8 Å². The molecule has 0 aromatic heterocycles. The van der Waals surface area contributed by atoms with E-state index in [2.05, 4.69) is 11.8 Å². The Morgan fingerprint density at radius 1 is 1.35 bits per heavy atom. The molecule has 1 rings (SSSR count). The van der Waals surface area contributed by atoms with Crippen LogP contribution < -0.4 is 5.73 Å². The van der Waals surface area contributed by atoms with Crippen LogP contribution in [0.1, 0.15) is 32.8 Å². The average Bonchev–Trinajstić information content (AvgIpc) is 2.45. The van der Waals surface area contributed by atoms with Gasteiger partial charge in [-0.05, 0) is 31.5 Å². The molecule has 0 aliphatic rings. The molecule has 1 unspecified atom stereocenters. The molecule has 0 fully saturated rings. The Labute approximate surface area is 122 Å². The van der Waals surface area contributed by atoms with Crippen LogP contribution in [0.3, 0.4) is 0 Å². The second-order valence-electron chi connectivity index (χ2n) is 4.50. The first-order valence-electron chi connectivity index (χ1n) is 6.78. The number of benzene rings is 1. The highest BCUT2D eigenvalue weighted by Gasteiger charge is 2.26. The van der Waals surface area contributed by atoms with Crippen LogP contribution >= 0.6 is 0 Å². The molecule has 4 nitrogen and oxygen atoms in total. The van der Waals surface area contributed by atoms with E-state index in [0.29, 0.717) is 12.1 Å². The molecule has 0 spiro atoms. The van der Waals surface area contributed by atoms with Crippen LogP contribution in [0.2, 0.25) is 0 Å². The fourth-order valence-corrected chi connectivity index (χ4v) is 3.70. The number of hydrogen-bond acceptors (Lipinski definition) is 3. The van der Waals surface area contributed by atoms with Crippen molar-refractivity contribution in [3.05, 3.63) is 29.8 Å². The highest BCUT2D eigenvalue weighted by atomic mass is 32.2. The van der Waals surface area contributed by atoms with Crippen LogP contribution in [-0.4, -0.2) is 31.9 Å². The van der Waals surface area contributed by atoms with E-state index in [0.717, 1.165) is 6.42 Å². The molecule has 0 saturated heterocycles. The standard InChI is InChI=1S/C15H22N2O2S/c1-4-13(3)17(5-2)20(18,19)15-10-6-8-14(12-15)9-7-11-16/h6,8,10,12-13H,4-5,11,16H2,1-3H3. The monoisotopic (exact) mass is 294 g/mol. The molecule has 0 aliphatic heterocycles. The third-order valence-electron chi connectivity index (χ3n) is 3.17. The molecule has 0 heterocycles. The van der Waals surface area contributed by atoms with Crippen molar-refractivity contribution in [1.82, 2.24) is 4.31 Å². The lowest BCUT2D eigenvalue weighted by Crippen LogP contribution is -2.38. The van der Waals surface area contributed by atoms with Gasteiger partial charge in [0.1, 0.15) is 0 Å². The topological polar surface area (TPSA) is 63.4 Å². The fraction of sp³-hybridized carbons (Fsp3) is 0.467. The molecule has 0 saturated carbocycles. The van der Waals surface area contributed by atoms with E-state index >= 15 is 0 Å². The molecule has 1 aromatic carbocycles. The maximum absolute atomic E-state index is 12.6. The molecule has 0 aliphatic carbocycles. The lowest BCUT2D eigenvalue weighted by Gasteiger charge is -2.26. The van der Waals surface area contributed by atoms with Crippen LogP contribution in [0.5, 0.6) is 0 Å². The maximum atomic E-state index is 12.6. The Hall–Kier alpha value is -1.35. The smallest absolute Gasteiger partial charge is 0.243 e. The number of nitrogens with zero attached hydrogens (tertiary/aromatic N) is 1. The highest BCUT2D eigenvalue weighted by molar-refractivity contribution is 7.89. The zero-order chi connectivity index (χ0) is 15.2. The van der Waals surface area contributed by atoms with Gasteiger partial charge in [-0.25, -0.2) is 8.42 Å².